The van der Waals surface area contributed by atoms with Crippen molar-refractivity contribution in [3.8, 4) is 0 Å². The summed E-state index contributed by atoms with van der Waals surface area (Å²) in [5.74, 6) is 0.965. The smallest absolute Gasteiger partial charge is 0.141 e. The van der Waals surface area contributed by atoms with E-state index in [4.69, 9.17) is 0 Å². The second kappa shape index (κ2) is 6.23. The lowest BCUT2D eigenvalue weighted by Gasteiger charge is -2.30. The summed E-state index contributed by atoms with van der Waals surface area (Å²) in [4.78, 5) is 14.5. The molecule has 15 heavy (non-hydrogen) atoms. The van der Waals surface area contributed by atoms with Crippen molar-refractivity contribution in [2.45, 2.75) is 26.2 Å². The standard InChI is InChI=1S/C12H24N2O/c1-4-10(8-13-2)12(15)11-6-5-7-14(3)9-11/h10-11,13H,4-9H2,1-3H3. The molecule has 1 rings (SSSR count). The summed E-state index contributed by atoms with van der Waals surface area (Å²) >= 11 is 0. The molecule has 0 bridgehead atoms. The fourth-order valence-corrected chi connectivity index (χ4v) is 2.42. The van der Waals surface area contributed by atoms with Crippen LogP contribution in [0.2, 0.25) is 0 Å². The fraction of sp³-hybridized carbons (Fsp3) is 0.917. The van der Waals surface area contributed by atoms with Crippen molar-refractivity contribution < 1.29 is 4.79 Å². The van der Waals surface area contributed by atoms with Gasteiger partial charge in [0.05, 0.1) is 0 Å². The van der Waals surface area contributed by atoms with Crippen LogP contribution in [0.1, 0.15) is 26.2 Å². The molecule has 3 nitrogen and oxygen atoms in total. The Balaban J connectivity index is 2.49. The van der Waals surface area contributed by atoms with Crippen molar-refractivity contribution in [1.29, 1.82) is 0 Å². The van der Waals surface area contributed by atoms with Gasteiger partial charge in [-0.3, -0.25) is 4.79 Å². The van der Waals surface area contributed by atoms with E-state index in [0.29, 0.717) is 5.78 Å². The van der Waals surface area contributed by atoms with Gasteiger partial charge in [-0.15, -0.1) is 0 Å². The maximum atomic E-state index is 12.2. The number of hydrogen-bond donors (Lipinski definition) is 1. The van der Waals surface area contributed by atoms with Crippen LogP contribution in [-0.4, -0.2) is 44.4 Å². The summed E-state index contributed by atoms with van der Waals surface area (Å²) < 4.78 is 0. The molecule has 0 aromatic heterocycles. The molecule has 3 heteroatoms. The quantitative estimate of drug-likeness (QED) is 0.742. The first kappa shape index (κ1) is 12.7. The zero-order valence-corrected chi connectivity index (χ0v) is 10.3. The Morgan fingerprint density at radius 3 is 2.87 bits per heavy atom. The third-order valence-electron chi connectivity index (χ3n) is 3.37. The number of piperidine rings is 1. The number of nitrogens with zero attached hydrogens (tertiary/aromatic N) is 1. The van der Waals surface area contributed by atoms with Crippen LogP contribution in [0.5, 0.6) is 0 Å². The third kappa shape index (κ3) is 3.58. The number of carbonyl (C=O) groups excluding carboxylic acids is 1. The molecule has 0 spiro atoms. The molecule has 2 atom stereocenters. The second-order valence-electron chi connectivity index (χ2n) is 4.67. The molecule has 88 valence electrons. The normalized spacial score (nSPS) is 25.1. The summed E-state index contributed by atoms with van der Waals surface area (Å²) in [6.07, 6.45) is 3.21. The summed E-state index contributed by atoms with van der Waals surface area (Å²) in [6.45, 7) is 5.04. The van der Waals surface area contributed by atoms with E-state index < -0.39 is 0 Å². The molecule has 0 aromatic rings. The SMILES string of the molecule is CCC(CNC)C(=O)C1CCCN(C)C1. The summed E-state index contributed by atoms with van der Waals surface area (Å²) in [6, 6.07) is 0. The van der Waals surface area contributed by atoms with Gasteiger partial charge in [0.2, 0.25) is 0 Å². The van der Waals surface area contributed by atoms with Crippen LogP contribution in [0.25, 0.3) is 0 Å². The number of carbonyl (C=O) groups is 1. The third-order valence-corrected chi connectivity index (χ3v) is 3.37. The van der Waals surface area contributed by atoms with Gasteiger partial charge >= 0.3 is 0 Å². The molecule has 0 radical (unpaired) electrons. The fourth-order valence-electron chi connectivity index (χ4n) is 2.42. The van der Waals surface area contributed by atoms with E-state index in [1.54, 1.807) is 0 Å². The number of rotatable bonds is 5. The lowest BCUT2D eigenvalue weighted by atomic mass is 9.85. The Morgan fingerprint density at radius 2 is 2.33 bits per heavy atom. The number of likely N-dealkylation sites (tertiary alicyclic amines) is 1. The van der Waals surface area contributed by atoms with Crippen molar-refractivity contribution in [2.24, 2.45) is 11.8 Å². The van der Waals surface area contributed by atoms with Gasteiger partial charge in [0.1, 0.15) is 5.78 Å². The monoisotopic (exact) mass is 212 g/mol. The van der Waals surface area contributed by atoms with Crippen LogP contribution in [0, 0.1) is 11.8 Å². The Hall–Kier alpha value is -0.410. The van der Waals surface area contributed by atoms with Gasteiger partial charge in [0.15, 0.2) is 0 Å². The predicted octanol–water partition coefficient (Wildman–Crippen LogP) is 1.14. The average molecular weight is 212 g/mol. The highest BCUT2D eigenvalue weighted by molar-refractivity contribution is 5.83. The molecule has 0 saturated carbocycles. The van der Waals surface area contributed by atoms with E-state index >= 15 is 0 Å². The van der Waals surface area contributed by atoms with Gasteiger partial charge in [-0.05, 0) is 39.9 Å². The Morgan fingerprint density at radius 1 is 1.60 bits per heavy atom. The number of nitrogens with one attached hydrogen (secondary N) is 1. The first-order chi connectivity index (χ1) is 7.19. The van der Waals surface area contributed by atoms with E-state index in [1.807, 2.05) is 7.05 Å². The first-order valence-electron chi connectivity index (χ1n) is 6.05. The molecule has 1 heterocycles. The van der Waals surface area contributed by atoms with Crippen molar-refractivity contribution in [1.82, 2.24) is 10.2 Å². The number of ketones is 1. The molecule has 1 aliphatic heterocycles. The van der Waals surface area contributed by atoms with Crippen molar-refractivity contribution >= 4 is 5.78 Å². The van der Waals surface area contributed by atoms with Crippen LogP contribution in [-0.2, 0) is 4.79 Å². The van der Waals surface area contributed by atoms with E-state index in [0.717, 1.165) is 32.5 Å². The molecule has 0 aliphatic carbocycles. The van der Waals surface area contributed by atoms with E-state index in [-0.39, 0.29) is 11.8 Å². The molecule has 1 fully saturated rings. The Labute approximate surface area is 93.2 Å². The molecule has 1 saturated heterocycles. The lowest BCUT2D eigenvalue weighted by Crippen LogP contribution is -2.40. The maximum Gasteiger partial charge on any atom is 0.141 e. The number of hydrogen-bond acceptors (Lipinski definition) is 3. The molecule has 0 amide bonds. The molecule has 2 unspecified atom stereocenters. The van der Waals surface area contributed by atoms with Crippen LogP contribution in [0.3, 0.4) is 0 Å². The zero-order chi connectivity index (χ0) is 11.3. The van der Waals surface area contributed by atoms with Crippen LogP contribution in [0.15, 0.2) is 0 Å². The minimum absolute atomic E-state index is 0.214. The number of Topliss-reactive ketones (excluding diaryl/α,β-unsaturated/α-hetero) is 1. The van der Waals surface area contributed by atoms with Gasteiger partial charge in [-0.2, -0.15) is 0 Å². The molecular weight excluding hydrogens is 188 g/mol. The van der Waals surface area contributed by atoms with Gasteiger partial charge in [-0.25, -0.2) is 0 Å². The second-order valence-corrected chi connectivity index (χ2v) is 4.67. The van der Waals surface area contributed by atoms with Gasteiger partial charge in [-0.1, -0.05) is 6.92 Å². The van der Waals surface area contributed by atoms with Crippen molar-refractivity contribution in [2.75, 3.05) is 33.7 Å². The predicted molar refractivity (Wildman–Crippen MR) is 62.9 cm³/mol. The summed E-state index contributed by atoms with van der Waals surface area (Å²) in [5, 5.41) is 3.12. The van der Waals surface area contributed by atoms with Crippen molar-refractivity contribution in [3.63, 3.8) is 0 Å². The van der Waals surface area contributed by atoms with Gasteiger partial charge in [0, 0.05) is 24.9 Å². The van der Waals surface area contributed by atoms with Gasteiger partial charge < -0.3 is 10.2 Å². The minimum Gasteiger partial charge on any atom is -0.319 e. The zero-order valence-electron chi connectivity index (χ0n) is 10.3. The van der Waals surface area contributed by atoms with Gasteiger partial charge in [0.25, 0.3) is 0 Å². The molecule has 0 aromatic carbocycles. The lowest BCUT2D eigenvalue weighted by molar-refractivity contribution is -0.128. The van der Waals surface area contributed by atoms with Crippen LogP contribution < -0.4 is 5.32 Å². The summed E-state index contributed by atoms with van der Waals surface area (Å²) in [5.41, 5.74) is 0. The van der Waals surface area contributed by atoms with E-state index in [1.165, 1.54) is 6.42 Å². The van der Waals surface area contributed by atoms with E-state index in [2.05, 4.69) is 24.2 Å². The highest BCUT2D eigenvalue weighted by Crippen LogP contribution is 2.20. The first-order valence-corrected chi connectivity index (χ1v) is 6.05. The van der Waals surface area contributed by atoms with Crippen molar-refractivity contribution in [3.05, 3.63) is 0 Å². The topological polar surface area (TPSA) is 32.3 Å². The Bertz CT molecular complexity index is 206. The molecule has 1 aliphatic rings. The maximum absolute atomic E-state index is 12.2. The highest BCUT2D eigenvalue weighted by Gasteiger charge is 2.28. The highest BCUT2D eigenvalue weighted by atomic mass is 16.1. The van der Waals surface area contributed by atoms with Crippen LogP contribution in [0.4, 0.5) is 0 Å². The summed E-state index contributed by atoms with van der Waals surface area (Å²) in [7, 11) is 4.03. The van der Waals surface area contributed by atoms with Crippen LogP contribution >= 0.6 is 0 Å². The minimum atomic E-state index is 0.214. The molecular formula is C12H24N2O. The van der Waals surface area contributed by atoms with E-state index in [9.17, 15) is 4.79 Å². The average Bonchev–Trinajstić information content (AvgIpc) is 2.25. The largest absolute Gasteiger partial charge is 0.319 e. The molecule has 1 N–H and O–H groups in total. The Kier molecular flexibility index (Phi) is 5.26.